The maximum atomic E-state index is 12.8. The molecule has 1 aromatic rings. The Labute approximate surface area is 101 Å². The molecular formula is C11H11BrFNO2. The molecule has 2 rings (SSSR count). The molecule has 86 valence electrons. The van der Waals surface area contributed by atoms with Gasteiger partial charge >= 0.3 is 0 Å². The van der Waals surface area contributed by atoms with Crippen LogP contribution in [0, 0.1) is 5.82 Å². The van der Waals surface area contributed by atoms with Gasteiger partial charge in [-0.2, -0.15) is 0 Å². The summed E-state index contributed by atoms with van der Waals surface area (Å²) in [5, 5.41) is 9.49. The predicted molar refractivity (Wildman–Crippen MR) is 61.3 cm³/mol. The first kappa shape index (κ1) is 11.4. The lowest BCUT2D eigenvalue weighted by molar-refractivity contribution is 0.0790. The van der Waals surface area contributed by atoms with Gasteiger partial charge in [0.1, 0.15) is 11.6 Å². The van der Waals surface area contributed by atoms with E-state index in [1.165, 1.54) is 12.1 Å². The van der Waals surface area contributed by atoms with Crippen molar-refractivity contribution in [2.24, 2.45) is 0 Å². The molecule has 1 atom stereocenters. The summed E-state index contributed by atoms with van der Waals surface area (Å²) in [6, 6.07) is 3.44. The number of hydrogen-bond acceptors (Lipinski definition) is 2. The molecule has 0 spiro atoms. The van der Waals surface area contributed by atoms with Gasteiger partial charge in [-0.15, -0.1) is 0 Å². The van der Waals surface area contributed by atoms with Gasteiger partial charge in [-0.25, -0.2) is 4.39 Å². The monoisotopic (exact) mass is 287 g/mol. The van der Waals surface area contributed by atoms with E-state index in [-0.39, 0.29) is 17.2 Å². The minimum atomic E-state index is -0.547. The Morgan fingerprint density at radius 2 is 2.31 bits per heavy atom. The van der Waals surface area contributed by atoms with Crippen LogP contribution in [0.15, 0.2) is 18.2 Å². The minimum Gasteiger partial charge on any atom is -0.507 e. The summed E-state index contributed by atoms with van der Waals surface area (Å²) in [5.41, 5.74) is 0.156. The minimum absolute atomic E-state index is 0.156. The summed E-state index contributed by atoms with van der Waals surface area (Å²) in [5.74, 6) is -1.10. The Kier molecular flexibility index (Phi) is 3.14. The highest BCUT2D eigenvalue weighted by Gasteiger charge is 2.26. The van der Waals surface area contributed by atoms with Crippen molar-refractivity contribution >= 4 is 21.8 Å². The first-order valence-corrected chi connectivity index (χ1v) is 5.91. The molecule has 16 heavy (non-hydrogen) atoms. The van der Waals surface area contributed by atoms with Gasteiger partial charge in [-0.1, -0.05) is 15.9 Å². The molecule has 3 nitrogen and oxygen atoms in total. The van der Waals surface area contributed by atoms with Crippen LogP contribution in [0.3, 0.4) is 0 Å². The van der Waals surface area contributed by atoms with Crippen LogP contribution >= 0.6 is 15.9 Å². The highest BCUT2D eigenvalue weighted by Crippen LogP contribution is 2.23. The first-order chi connectivity index (χ1) is 7.58. The van der Waals surface area contributed by atoms with Gasteiger partial charge in [0.05, 0.1) is 5.56 Å². The van der Waals surface area contributed by atoms with E-state index in [1.807, 2.05) is 0 Å². The third-order valence-corrected chi connectivity index (χ3v) is 3.36. The van der Waals surface area contributed by atoms with E-state index < -0.39 is 5.82 Å². The molecule has 1 aliphatic heterocycles. The summed E-state index contributed by atoms with van der Waals surface area (Å²) in [6.07, 6.45) is 0.897. The number of phenolic OH excluding ortho intramolecular Hbond substituents is 1. The number of halogens is 2. The number of rotatable bonds is 1. The largest absolute Gasteiger partial charge is 0.507 e. The van der Waals surface area contributed by atoms with Crippen LogP contribution < -0.4 is 0 Å². The second kappa shape index (κ2) is 4.41. The first-order valence-electron chi connectivity index (χ1n) is 5.00. The maximum absolute atomic E-state index is 12.8. The SMILES string of the molecule is O=C(c1ccc(F)cc1O)N1CCC(Br)C1. The molecule has 0 aliphatic carbocycles. The van der Waals surface area contributed by atoms with Crippen molar-refractivity contribution in [1.82, 2.24) is 4.90 Å². The summed E-state index contributed by atoms with van der Waals surface area (Å²) in [7, 11) is 0. The number of aromatic hydroxyl groups is 1. The maximum Gasteiger partial charge on any atom is 0.257 e. The van der Waals surface area contributed by atoms with Crippen molar-refractivity contribution in [3.05, 3.63) is 29.6 Å². The third-order valence-electron chi connectivity index (χ3n) is 2.61. The van der Waals surface area contributed by atoms with Gasteiger partial charge in [0.2, 0.25) is 0 Å². The Morgan fingerprint density at radius 3 is 2.88 bits per heavy atom. The zero-order valence-electron chi connectivity index (χ0n) is 8.49. The standard InChI is InChI=1S/C11H11BrFNO2/c12-7-3-4-14(6-7)11(16)9-2-1-8(13)5-10(9)15/h1-2,5,7,15H,3-4,6H2. The number of likely N-dealkylation sites (tertiary alicyclic amines) is 1. The molecule has 5 heteroatoms. The van der Waals surface area contributed by atoms with E-state index >= 15 is 0 Å². The van der Waals surface area contributed by atoms with Gasteiger partial charge in [0.15, 0.2) is 0 Å². The molecule has 1 heterocycles. The number of hydrogen-bond donors (Lipinski definition) is 1. The molecule has 1 amide bonds. The van der Waals surface area contributed by atoms with Gasteiger partial charge in [-0.3, -0.25) is 4.79 Å². The lowest BCUT2D eigenvalue weighted by Gasteiger charge is -2.16. The van der Waals surface area contributed by atoms with Crippen molar-refractivity contribution in [2.75, 3.05) is 13.1 Å². The number of amides is 1. The summed E-state index contributed by atoms with van der Waals surface area (Å²) < 4.78 is 12.8. The third kappa shape index (κ3) is 2.19. The normalized spacial score (nSPS) is 20.1. The Morgan fingerprint density at radius 1 is 1.56 bits per heavy atom. The zero-order chi connectivity index (χ0) is 11.7. The van der Waals surface area contributed by atoms with E-state index in [0.29, 0.717) is 17.9 Å². The molecule has 0 saturated carbocycles. The van der Waals surface area contributed by atoms with Crippen molar-refractivity contribution in [3.63, 3.8) is 0 Å². The Bertz CT molecular complexity index is 424. The van der Waals surface area contributed by atoms with Crippen molar-refractivity contribution in [1.29, 1.82) is 0 Å². The highest BCUT2D eigenvalue weighted by molar-refractivity contribution is 9.09. The van der Waals surface area contributed by atoms with Crippen molar-refractivity contribution < 1.29 is 14.3 Å². The molecule has 0 bridgehead atoms. The van der Waals surface area contributed by atoms with Crippen molar-refractivity contribution in [3.8, 4) is 5.75 Å². The van der Waals surface area contributed by atoms with Crippen LogP contribution in [0.5, 0.6) is 5.75 Å². The quantitative estimate of drug-likeness (QED) is 0.804. The fourth-order valence-electron chi connectivity index (χ4n) is 1.76. The number of phenols is 1. The number of benzene rings is 1. The van der Waals surface area contributed by atoms with E-state index in [1.54, 1.807) is 4.90 Å². The van der Waals surface area contributed by atoms with E-state index in [9.17, 15) is 14.3 Å². The molecule has 0 radical (unpaired) electrons. The molecule has 1 fully saturated rings. The van der Waals surface area contributed by atoms with E-state index in [0.717, 1.165) is 12.5 Å². The van der Waals surface area contributed by atoms with Crippen LogP contribution in [0.2, 0.25) is 0 Å². The molecule has 1 saturated heterocycles. The Balaban J connectivity index is 2.21. The van der Waals surface area contributed by atoms with Crippen LogP contribution in [0.1, 0.15) is 16.8 Å². The molecular weight excluding hydrogens is 277 g/mol. The molecule has 1 unspecified atom stereocenters. The fraction of sp³-hybridized carbons (Fsp3) is 0.364. The number of carbonyl (C=O) groups is 1. The second-order valence-corrected chi connectivity index (χ2v) is 5.09. The van der Waals surface area contributed by atoms with Crippen LogP contribution in [0.25, 0.3) is 0 Å². The Hall–Kier alpha value is -1.10. The zero-order valence-corrected chi connectivity index (χ0v) is 10.1. The molecule has 1 aromatic carbocycles. The summed E-state index contributed by atoms with van der Waals surface area (Å²) in [6.45, 7) is 1.28. The number of alkyl halides is 1. The van der Waals surface area contributed by atoms with E-state index in [4.69, 9.17) is 0 Å². The van der Waals surface area contributed by atoms with Crippen LogP contribution in [-0.2, 0) is 0 Å². The fourth-order valence-corrected chi connectivity index (χ4v) is 2.31. The lowest BCUT2D eigenvalue weighted by Crippen LogP contribution is -2.28. The van der Waals surface area contributed by atoms with Crippen LogP contribution in [-0.4, -0.2) is 33.8 Å². The predicted octanol–water partition coefficient (Wildman–Crippen LogP) is 2.14. The van der Waals surface area contributed by atoms with Gasteiger partial charge in [0.25, 0.3) is 5.91 Å². The number of nitrogens with zero attached hydrogens (tertiary/aromatic N) is 1. The van der Waals surface area contributed by atoms with Gasteiger partial charge in [0, 0.05) is 24.0 Å². The van der Waals surface area contributed by atoms with Crippen LogP contribution in [0.4, 0.5) is 4.39 Å². The van der Waals surface area contributed by atoms with E-state index in [2.05, 4.69) is 15.9 Å². The second-order valence-electron chi connectivity index (χ2n) is 3.80. The molecule has 0 aromatic heterocycles. The molecule has 1 aliphatic rings. The summed E-state index contributed by atoms with van der Waals surface area (Å²) >= 11 is 3.43. The van der Waals surface area contributed by atoms with Crippen molar-refractivity contribution in [2.45, 2.75) is 11.2 Å². The number of carbonyl (C=O) groups excluding carboxylic acids is 1. The topological polar surface area (TPSA) is 40.5 Å². The van der Waals surface area contributed by atoms with Gasteiger partial charge in [-0.05, 0) is 18.6 Å². The average Bonchev–Trinajstić information content (AvgIpc) is 2.64. The molecule has 1 N–H and O–H groups in total. The highest BCUT2D eigenvalue weighted by atomic mass is 79.9. The smallest absolute Gasteiger partial charge is 0.257 e. The lowest BCUT2D eigenvalue weighted by atomic mass is 10.1. The average molecular weight is 288 g/mol. The summed E-state index contributed by atoms with van der Waals surface area (Å²) in [4.78, 5) is 13.9. The van der Waals surface area contributed by atoms with Gasteiger partial charge < -0.3 is 10.0 Å².